The van der Waals surface area contributed by atoms with Crippen molar-refractivity contribution in [3.05, 3.63) is 94.2 Å². The van der Waals surface area contributed by atoms with E-state index >= 15 is 0 Å². The zero-order valence-corrected chi connectivity index (χ0v) is 15.4. The quantitative estimate of drug-likeness (QED) is 0.524. The fourth-order valence-corrected chi connectivity index (χ4v) is 4.29. The average Bonchev–Trinajstić information content (AvgIpc) is 3.23. The van der Waals surface area contributed by atoms with Crippen LogP contribution >= 0.6 is 11.3 Å². The summed E-state index contributed by atoms with van der Waals surface area (Å²) in [4.78, 5) is 13.9. The van der Waals surface area contributed by atoms with Crippen LogP contribution in [0, 0.1) is 5.92 Å². The van der Waals surface area contributed by atoms with Gasteiger partial charge < -0.3 is 0 Å². The molecule has 1 aliphatic rings. The first-order chi connectivity index (χ1) is 12.7. The Balaban J connectivity index is 1.59. The van der Waals surface area contributed by atoms with E-state index in [9.17, 15) is 4.79 Å². The van der Waals surface area contributed by atoms with E-state index in [2.05, 4.69) is 34.8 Å². The van der Waals surface area contributed by atoms with Crippen LogP contribution < -0.4 is 5.43 Å². The molecule has 3 nitrogen and oxygen atoms in total. The Morgan fingerprint density at radius 2 is 1.62 bits per heavy atom. The van der Waals surface area contributed by atoms with Crippen molar-refractivity contribution in [1.82, 2.24) is 5.43 Å². The molecular weight excluding hydrogens is 340 g/mol. The van der Waals surface area contributed by atoms with Crippen molar-refractivity contribution >= 4 is 23.0 Å². The Kier molecular flexibility index (Phi) is 4.43. The van der Waals surface area contributed by atoms with E-state index in [0.29, 0.717) is 0 Å². The second-order valence-electron chi connectivity index (χ2n) is 6.61. The summed E-state index contributed by atoms with van der Waals surface area (Å²) >= 11 is 1.62. The van der Waals surface area contributed by atoms with Crippen molar-refractivity contribution in [1.29, 1.82) is 0 Å². The fraction of sp³-hybridized carbons (Fsp3) is 0.182. The van der Waals surface area contributed by atoms with E-state index in [4.69, 9.17) is 0 Å². The largest absolute Gasteiger partial charge is 0.273 e. The number of carbonyl (C=O) groups excluding carboxylic acids is 1. The number of thiophene rings is 1. The highest BCUT2D eigenvalue weighted by Gasteiger charge is 2.60. The molecule has 0 bridgehead atoms. The minimum absolute atomic E-state index is 0.0198. The molecule has 4 rings (SSSR count). The maximum absolute atomic E-state index is 12.8. The maximum Gasteiger partial charge on any atom is 0.244 e. The second kappa shape index (κ2) is 6.89. The van der Waals surface area contributed by atoms with Gasteiger partial charge in [-0.15, -0.1) is 11.3 Å². The maximum atomic E-state index is 12.8. The first kappa shape index (κ1) is 16.7. The topological polar surface area (TPSA) is 41.5 Å². The monoisotopic (exact) mass is 360 g/mol. The average molecular weight is 360 g/mol. The molecule has 1 N–H and O–H groups in total. The lowest BCUT2D eigenvalue weighted by atomic mass is 9.85. The van der Waals surface area contributed by atoms with Gasteiger partial charge in [0, 0.05) is 10.3 Å². The molecule has 0 saturated heterocycles. The number of amides is 1. The van der Waals surface area contributed by atoms with Crippen LogP contribution in [0.3, 0.4) is 0 Å². The zero-order valence-electron chi connectivity index (χ0n) is 14.6. The molecule has 1 aliphatic carbocycles. The van der Waals surface area contributed by atoms with Gasteiger partial charge in [0.2, 0.25) is 5.91 Å². The Morgan fingerprint density at radius 3 is 2.15 bits per heavy atom. The lowest BCUT2D eigenvalue weighted by molar-refractivity contribution is -0.122. The van der Waals surface area contributed by atoms with E-state index in [1.165, 1.54) is 11.1 Å². The van der Waals surface area contributed by atoms with Crippen LogP contribution in [0.5, 0.6) is 0 Å². The molecule has 1 aromatic heterocycles. The van der Waals surface area contributed by atoms with Crippen LogP contribution in [-0.2, 0) is 10.2 Å². The summed E-state index contributed by atoms with van der Waals surface area (Å²) in [6, 6.07) is 24.6. The van der Waals surface area contributed by atoms with Gasteiger partial charge in [0.15, 0.2) is 0 Å². The molecule has 0 spiro atoms. The third-order valence-electron chi connectivity index (χ3n) is 5.07. The predicted molar refractivity (Wildman–Crippen MR) is 106 cm³/mol. The number of benzene rings is 2. The van der Waals surface area contributed by atoms with Crippen molar-refractivity contribution in [3.8, 4) is 0 Å². The normalized spacial score (nSPS) is 18.3. The number of nitrogens with zero attached hydrogens (tertiary/aromatic N) is 1. The number of hydrazone groups is 1. The van der Waals surface area contributed by atoms with Gasteiger partial charge in [0.25, 0.3) is 0 Å². The van der Waals surface area contributed by atoms with Crippen LogP contribution in [0.4, 0.5) is 0 Å². The fourth-order valence-electron chi connectivity index (χ4n) is 3.61. The van der Waals surface area contributed by atoms with Gasteiger partial charge in [-0.1, -0.05) is 66.7 Å². The Hall–Kier alpha value is -2.72. The van der Waals surface area contributed by atoms with Crippen LogP contribution in [0.2, 0.25) is 0 Å². The van der Waals surface area contributed by atoms with Gasteiger partial charge in [-0.05, 0) is 35.9 Å². The van der Waals surface area contributed by atoms with Crippen molar-refractivity contribution < 1.29 is 4.79 Å². The summed E-state index contributed by atoms with van der Waals surface area (Å²) in [6.45, 7) is 1.92. The second-order valence-corrected chi connectivity index (χ2v) is 7.56. The number of carbonyl (C=O) groups is 1. The van der Waals surface area contributed by atoms with Gasteiger partial charge in [0.1, 0.15) is 0 Å². The predicted octanol–water partition coefficient (Wildman–Crippen LogP) is 4.59. The minimum atomic E-state index is -0.251. The van der Waals surface area contributed by atoms with Crippen LogP contribution in [0.1, 0.15) is 29.3 Å². The van der Waals surface area contributed by atoms with E-state index < -0.39 is 0 Å². The van der Waals surface area contributed by atoms with E-state index in [0.717, 1.165) is 17.0 Å². The summed E-state index contributed by atoms with van der Waals surface area (Å²) in [5.41, 5.74) is 5.73. The molecule has 1 saturated carbocycles. The van der Waals surface area contributed by atoms with Crippen LogP contribution in [0.25, 0.3) is 0 Å². The van der Waals surface area contributed by atoms with Crippen LogP contribution in [0.15, 0.2) is 83.3 Å². The van der Waals surface area contributed by atoms with Crippen molar-refractivity contribution in [2.24, 2.45) is 11.0 Å². The Labute approximate surface area is 157 Å². The Bertz CT molecular complexity index is 878. The van der Waals surface area contributed by atoms with Gasteiger partial charge in [0.05, 0.1) is 11.6 Å². The molecule has 4 heteroatoms. The van der Waals surface area contributed by atoms with Gasteiger partial charge in [-0.3, -0.25) is 4.79 Å². The van der Waals surface area contributed by atoms with E-state index in [1.807, 2.05) is 60.8 Å². The lowest BCUT2D eigenvalue weighted by Gasteiger charge is -2.18. The lowest BCUT2D eigenvalue weighted by Crippen LogP contribution is -2.26. The molecule has 26 heavy (non-hydrogen) atoms. The van der Waals surface area contributed by atoms with Gasteiger partial charge in [-0.25, -0.2) is 5.43 Å². The molecule has 0 aliphatic heterocycles. The van der Waals surface area contributed by atoms with Gasteiger partial charge in [-0.2, -0.15) is 5.10 Å². The molecule has 3 aromatic rings. The SMILES string of the molecule is C/C(=N\NC(=O)[C@H]1CC1(c1ccccc1)c1ccccc1)c1cccs1. The molecule has 1 heterocycles. The van der Waals surface area contributed by atoms with Gasteiger partial charge >= 0.3 is 0 Å². The third-order valence-corrected chi connectivity index (χ3v) is 6.05. The van der Waals surface area contributed by atoms with E-state index in [1.54, 1.807) is 11.3 Å². The number of hydrogen-bond donors (Lipinski definition) is 1. The highest BCUT2D eigenvalue weighted by atomic mass is 32.1. The molecule has 0 radical (unpaired) electrons. The highest BCUT2D eigenvalue weighted by Crippen LogP contribution is 2.58. The smallest absolute Gasteiger partial charge is 0.244 e. The molecular formula is C22H20N2OS. The summed E-state index contributed by atoms with van der Waals surface area (Å²) < 4.78 is 0. The summed E-state index contributed by atoms with van der Waals surface area (Å²) in [6.07, 6.45) is 0.806. The molecule has 130 valence electrons. The number of nitrogens with one attached hydrogen (secondary N) is 1. The summed E-state index contributed by atoms with van der Waals surface area (Å²) in [5, 5.41) is 6.32. The standard InChI is InChI=1S/C22H20N2OS/c1-16(20-13-8-14-26-20)23-24-21(25)19-15-22(19,17-9-4-2-5-10-17)18-11-6-3-7-12-18/h2-14,19H,15H2,1H3,(H,24,25)/b23-16+/t19-/m1/s1. The molecule has 1 atom stereocenters. The molecule has 1 fully saturated rings. The third kappa shape index (κ3) is 2.97. The van der Waals surface area contributed by atoms with Crippen molar-refractivity contribution in [2.75, 3.05) is 0 Å². The minimum Gasteiger partial charge on any atom is -0.273 e. The summed E-state index contributed by atoms with van der Waals surface area (Å²) in [5.74, 6) is -0.124. The first-order valence-electron chi connectivity index (χ1n) is 8.71. The first-order valence-corrected chi connectivity index (χ1v) is 9.59. The summed E-state index contributed by atoms with van der Waals surface area (Å²) in [7, 11) is 0. The molecule has 0 unspecified atom stereocenters. The molecule has 2 aromatic carbocycles. The Morgan fingerprint density at radius 1 is 1.00 bits per heavy atom. The zero-order chi connectivity index (χ0) is 18.0. The van der Waals surface area contributed by atoms with Crippen molar-refractivity contribution in [3.63, 3.8) is 0 Å². The number of rotatable bonds is 5. The van der Waals surface area contributed by atoms with Crippen molar-refractivity contribution in [2.45, 2.75) is 18.8 Å². The molecule has 1 amide bonds. The van der Waals surface area contributed by atoms with E-state index in [-0.39, 0.29) is 17.2 Å². The number of hydrogen-bond acceptors (Lipinski definition) is 3. The highest BCUT2D eigenvalue weighted by molar-refractivity contribution is 7.12. The van der Waals surface area contributed by atoms with Crippen LogP contribution in [-0.4, -0.2) is 11.6 Å².